The van der Waals surface area contributed by atoms with E-state index < -0.39 is 0 Å². The third kappa shape index (κ3) is 2.50. The van der Waals surface area contributed by atoms with Crippen LogP contribution in [0, 0.1) is 18.3 Å². The summed E-state index contributed by atoms with van der Waals surface area (Å²) in [6.45, 7) is 1.93. The van der Waals surface area contributed by atoms with Crippen LogP contribution in [0.15, 0.2) is 18.3 Å². The molecule has 0 radical (unpaired) electrons. The summed E-state index contributed by atoms with van der Waals surface area (Å²) in [5.41, 5.74) is 2.72. The van der Waals surface area contributed by atoms with Gasteiger partial charge in [0.05, 0.1) is 5.56 Å². The Morgan fingerprint density at radius 1 is 1.35 bits per heavy atom. The molecule has 1 saturated carbocycles. The summed E-state index contributed by atoms with van der Waals surface area (Å²) >= 11 is 0. The molecule has 0 aliphatic heterocycles. The second-order valence-corrected chi connectivity index (χ2v) is 5.32. The van der Waals surface area contributed by atoms with Gasteiger partial charge in [-0.05, 0) is 31.4 Å². The molecular weight excluding hydrogens is 250 g/mol. The number of anilines is 2. The monoisotopic (exact) mass is 267 g/mol. The van der Waals surface area contributed by atoms with Crippen molar-refractivity contribution in [3.05, 3.63) is 35.2 Å². The molecule has 0 saturated heterocycles. The van der Waals surface area contributed by atoms with E-state index in [-0.39, 0.29) is 0 Å². The van der Waals surface area contributed by atoms with Crippen molar-refractivity contribution in [3.63, 3.8) is 0 Å². The molecule has 0 aromatic carbocycles. The lowest BCUT2D eigenvalue weighted by atomic mass is 10.0. The lowest BCUT2D eigenvalue weighted by Crippen LogP contribution is -1.97. The van der Waals surface area contributed by atoms with Gasteiger partial charge in [0.25, 0.3) is 0 Å². The average molecular weight is 267 g/mol. The maximum atomic E-state index is 8.84. The van der Waals surface area contributed by atoms with E-state index >= 15 is 0 Å². The molecular formula is C15H17N5. The van der Waals surface area contributed by atoms with Gasteiger partial charge >= 0.3 is 0 Å². The van der Waals surface area contributed by atoms with Crippen LogP contribution < -0.4 is 5.32 Å². The second-order valence-electron chi connectivity index (χ2n) is 5.32. The Morgan fingerprint density at radius 3 is 2.85 bits per heavy atom. The number of pyridine rings is 1. The minimum atomic E-state index is 0.571. The number of hydrogen-bond acceptors (Lipinski definition) is 4. The number of rotatable bonds is 3. The highest BCUT2D eigenvalue weighted by Gasteiger charge is 2.19. The fourth-order valence-corrected chi connectivity index (χ4v) is 2.73. The van der Waals surface area contributed by atoms with Gasteiger partial charge in [-0.25, -0.2) is 4.98 Å². The molecule has 0 amide bonds. The first kappa shape index (κ1) is 12.7. The topological polar surface area (TPSA) is 77.4 Å². The maximum absolute atomic E-state index is 8.84. The van der Waals surface area contributed by atoms with Crippen LogP contribution in [-0.2, 0) is 0 Å². The molecule has 1 aliphatic rings. The molecule has 102 valence electrons. The van der Waals surface area contributed by atoms with Crippen LogP contribution in [0.4, 0.5) is 11.6 Å². The zero-order valence-corrected chi connectivity index (χ0v) is 11.5. The molecule has 5 nitrogen and oxygen atoms in total. The quantitative estimate of drug-likeness (QED) is 0.893. The lowest BCUT2D eigenvalue weighted by molar-refractivity contribution is 0.693. The number of nitrogens with zero attached hydrogens (tertiary/aromatic N) is 3. The summed E-state index contributed by atoms with van der Waals surface area (Å²) in [6.07, 6.45) is 6.68. The highest BCUT2D eigenvalue weighted by molar-refractivity contribution is 5.57. The molecule has 2 heterocycles. The van der Waals surface area contributed by atoms with Crippen LogP contribution in [0.25, 0.3) is 0 Å². The van der Waals surface area contributed by atoms with Crippen LogP contribution >= 0.6 is 0 Å². The van der Waals surface area contributed by atoms with E-state index in [1.54, 1.807) is 6.20 Å². The summed E-state index contributed by atoms with van der Waals surface area (Å²) in [7, 11) is 0. The first-order valence-electron chi connectivity index (χ1n) is 6.95. The smallest absolute Gasteiger partial charge is 0.153 e. The van der Waals surface area contributed by atoms with Crippen LogP contribution in [0.2, 0.25) is 0 Å². The minimum Gasteiger partial charge on any atom is -0.323 e. The van der Waals surface area contributed by atoms with E-state index in [1.165, 1.54) is 31.4 Å². The number of aromatic amines is 1. The first-order chi connectivity index (χ1) is 9.76. The van der Waals surface area contributed by atoms with Gasteiger partial charge in [0, 0.05) is 23.9 Å². The van der Waals surface area contributed by atoms with E-state index in [9.17, 15) is 0 Å². The standard InChI is InChI=1S/C15H17N5/c1-10-6-11(8-16)9-17-15(10)18-14-7-13(19-20-14)12-4-2-3-5-12/h6-7,9,12H,2-5H2,1H3,(H2,17,18,19,20). The van der Waals surface area contributed by atoms with Crippen molar-refractivity contribution in [2.75, 3.05) is 5.32 Å². The third-order valence-electron chi connectivity index (χ3n) is 3.85. The molecule has 1 aliphatic carbocycles. The van der Waals surface area contributed by atoms with Crippen molar-refractivity contribution in [2.45, 2.75) is 38.5 Å². The van der Waals surface area contributed by atoms with Gasteiger partial charge in [-0.1, -0.05) is 12.8 Å². The zero-order valence-electron chi connectivity index (χ0n) is 11.5. The van der Waals surface area contributed by atoms with Gasteiger partial charge in [-0.3, -0.25) is 5.10 Å². The lowest BCUT2D eigenvalue weighted by Gasteiger charge is -2.05. The van der Waals surface area contributed by atoms with Crippen molar-refractivity contribution >= 4 is 11.6 Å². The average Bonchev–Trinajstić information content (AvgIpc) is 3.11. The van der Waals surface area contributed by atoms with Gasteiger partial charge in [0.1, 0.15) is 11.9 Å². The van der Waals surface area contributed by atoms with Crippen molar-refractivity contribution in [1.82, 2.24) is 15.2 Å². The summed E-state index contributed by atoms with van der Waals surface area (Å²) in [5.74, 6) is 2.15. The molecule has 2 N–H and O–H groups in total. The van der Waals surface area contributed by atoms with Crippen LogP contribution in [0.5, 0.6) is 0 Å². The highest BCUT2D eigenvalue weighted by atomic mass is 15.2. The number of nitriles is 1. The third-order valence-corrected chi connectivity index (χ3v) is 3.85. The van der Waals surface area contributed by atoms with E-state index in [1.807, 2.05) is 13.0 Å². The Bertz CT molecular complexity index is 647. The SMILES string of the molecule is Cc1cc(C#N)cnc1Nc1cc(C2CCCC2)[nH]n1. The van der Waals surface area contributed by atoms with Crippen LogP contribution in [0.1, 0.15) is 48.4 Å². The summed E-state index contributed by atoms with van der Waals surface area (Å²) in [4.78, 5) is 4.26. The highest BCUT2D eigenvalue weighted by Crippen LogP contribution is 2.34. The molecule has 0 unspecified atom stereocenters. The summed E-state index contributed by atoms with van der Waals surface area (Å²) in [5, 5.41) is 19.5. The van der Waals surface area contributed by atoms with E-state index in [4.69, 9.17) is 5.26 Å². The van der Waals surface area contributed by atoms with Crippen LogP contribution in [-0.4, -0.2) is 15.2 Å². The summed E-state index contributed by atoms with van der Waals surface area (Å²) in [6, 6.07) is 5.97. The molecule has 3 rings (SSSR count). The number of hydrogen-bond donors (Lipinski definition) is 2. The maximum Gasteiger partial charge on any atom is 0.153 e. The van der Waals surface area contributed by atoms with Crippen molar-refractivity contribution in [1.29, 1.82) is 5.26 Å². The van der Waals surface area contributed by atoms with Crippen LogP contribution in [0.3, 0.4) is 0 Å². The van der Waals surface area contributed by atoms with Gasteiger partial charge in [0.15, 0.2) is 5.82 Å². The van der Waals surface area contributed by atoms with Gasteiger partial charge in [-0.15, -0.1) is 0 Å². The Hall–Kier alpha value is -2.35. The van der Waals surface area contributed by atoms with Crippen molar-refractivity contribution < 1.29 is 0 Å². The molecule has 0 atom stereocenters. The Kier molecular flexibility index (Phi) is 3.38. The molecule has 0 spiro atoms. The normalized spacial score (nSPS) is 15.2. The first-order valence-corrected chi connectivity index (χ1v) is 6.95. The number of nitrogens with one attached hydrogen (secondary N) is 2. The minimum absolute atomic E-state index is 0.571. The Morgan fingerprint density at radius 2 is 2.15 bits per heavy atom. The number of aryl methyl sites for hydroxylation is 1. The van der Waals surface area contributed by atoms with Gasteiger partial charge in [-0.2, -0.15) is 10.4 Å². The largest absolute Gasteiger partial charge is 0.323 e. The van der Waals surface area contributed by atoms with Gasteiger partial charge in [0.2, 0.25) is 0 Å². The zero-order chi connectivity index (χ0) is 13.9. The molecule has 0 bridgehead atoms. The number of H-pyrrole nitrogens is 1. The summed E-state index contributed by atoms with van der Waals surface area (Å²) < 4.78 is 0. The predicted molar refractivity (Wildman–Crippen MR) is 76.8 cm³/mol. The fourth-order valence-electron chi connectivity index (χ4n) is 2.73. The van der Waals surface area contributed by atoms with Crippen molar-refractivity contribution in [3.8, 4) is 6.07 Å². The number of aromatic nitrogens is 3. The Labute approximate surface area is 118 Å². The molecule has 5 heteroatoms. The Balaban J connectivity index is 1.76. The molecule has 2 aromatic heterocycles. The molecule has 2 aromatic rings. The van der Waals surface area contributed by atoms with E-state index in [2.05, 4.69) is 32.6 Å². The molecule has 20 heavy (non-hydrogen) atoms. The fraction of sp³-hybridized carbons (Fsp3) is 0.400. The second kappa shape index (κ2) is 5.33. The predicted octanol–water partition coefficient (Wildman–Crippen LogP) is 3.39. The van der Waals surface area contributed by atoms with E-state index in [0.717, 1.165) is 17.2 Å². The van der Waals surface area contributed by atoms with Gasteiger partial charge < -0.3 is 5.32 Å². The van der Waals surface area contributed by atoms with E-state index in [0.29, 0.717) is 11.5 Å². The molecule has 1 fully saturated rings. The van der Waals surface area contributed by atoms with Crippen molar-refractivity contribution in [2.24, 2.45) is 0 Å².